The van der Waals surface area contributed by atoms with Crippen LogP contribution in [0.2, 0.25) is 0 Å². The van der Waals surface area contributed by atoms with Crippen LogP contribution in [0.25, 0.3) is 0 Å². The van der Waals surface area contributed by atoms with Gasteiger partial charge in [0.15, 0.2) is 0 Å². The first kappa shape index (κ1) is 9.39. The summed E-state index contributed by atoms with van der Waals surface area (Å²) in [6.45, 7) is 0. The van der Waals surface area contributed by atoms with Crippen molar-refractivity contribution in [1.82, 2.24) is 0 Å². The molecule has 0 spiro atoms. The standard InChI is InChI=1S/C7H7FO3P/c8-7-4-2-1-3-6(7)5-12(9,10)11/h1-5H,(H2,9,10,11). The molecule has 65 valence electrons. The fourth-order valence-corrected chi connectivity index (χ4v) is 1.33. The van der Waals surface area contributed by atoms with Crippen molar-refractivity contribution in [3.63, 3.8) is 0 Å². The molecule has 0 aromatic heterocycles. The Kier molecular flexibility index (Phi) is 2.62. The monoisotopic (exact) mass is 189 g/mol. The van der Waals surface area contributed by atoms with E-state index in [-0.39, 0.29) is 5.56 Å². The molecule has 0 saturated heterocycles. The molecule has 1 radical (unpaired) electrons. The van der Waals surface area contributed by atoms with Crippen LogP contribution in [0.5, 0.6) is 0 Å². The van der Waals surface area contributed by atoms with E-state index in [0.29, 0.717) is 6.16 Å². The zero-order chi connectivity index (χ0) is 9.19. The number of halogens is 1. The van der Waals surface area contributed by atoms with E-state index >= 15 is 0 Å². The minimum atomic E-state index is -4.28. The maximum Gasteiger partial charge on any atom is 0.334 e. The Hall–Kier alpha value is -0.700. The zero-order valence-corrected chi connectivity index (χ0v) is 6.91. The van der Waals surface area contributed by atoms with Gasteiger partial charge >= 0.3 is 7.60 Å². The zero-order valence-electron chi connectivity index (χ0n) is 6.01. The average Bonchev–Trinajstić information content (AvgIpc) is 1.91. The van der Waals surface area contributed by atoms with Gasteiger partial charge in [-0.15, -0.1) is 0 Å². The van der Waals surface area contributed by atoms with Crippen molar-refractivity contribution >= 4 is 7.60 Å². The van der Waals surface area contributed by atoms with Crippen molar-refractivity contribution in [3.05, 3.63) is 41.8 Å². The molecule has 0 saturated carbocycles. The van der Waals surface area contributed by atoms with Gasteiger partial charge in [0, 0.05) is 5.56 Å². The lowest BCUT2D eigenvalue weighted by atomic mass is 10.2. The summed E-state index contributed by atoms with van der Waals surface area (Å²) >= 11 is 0. The van der Waals surface area contributed by atoms with Crippen molar-refractivity contribution in [2.45, 2.75) is 0 Å². The molecule has 0 unspecified atom stereocenters. The van der Waals surface area contributed by atoms with E-state index < -0.39 is 13.4 Å². The lowest BCUT2D eigenvalue weighted by molar-refractivity contribution is 0.382. The van der Waals surface area contributed by atoms with Crippen LogP contribution in [0.1, 0.15) is 5.56 Å². The summed E-state index contributed by atoms with van der Waals surface area (Å²) in [5.41, 5.74) is -0.0779. The molecule has 0 fully saturated rings. The largest absolute Gasteiger partial charge is 0.334 e. The number of benzene rings is 1. The van der Waals surface area contributed by atoms with Crippen molar-refractivity contribution in [1.29, 1.82) is 0 Å². The quantitative estimate of drug-likeness (QED) is 0.693. The van der Waals surface area contributed by atoms with Crippen LogP contribution >= 0.6 is 7.60 Å². The van der Waals surface area contributed by atoms with Gasteiger partial charge < -0.3 is 9.79 Å². The van der Waals surface area contributed by atoms with Crippen LogP contribution in [-0.2, 0) is 4.57 Å². The molecular weight excluding hydrogens is 182 g/mol. The van der Waals surface area contributed by atoms with E-state index in [1.54, 1.807) is 0 Å². The fourth-order valence-electron chi connectivity index (χ4n) is 0.761. The molecule has 0 atom stereocenters. The van der Waals surface area contributed by atoms with Gasteiger partial charge in [-0.25, -0.2) is 4.39 Å². The second kappa shape index (κ2) is 3.35. The Morgan fingerprint density at radius 3 is 2.42 bits per heavy atom. The van der Waals surface area contributed by atoms with Gasteiger partial charge in [0.2, 0.25) is 0 Å². The van der Waals surface area contributed by atoms with Gasteiger partial charge in [0.05, 0.1) is 0 Å². The Bertz CT molecular complexity index is 320. The SMILES string of the molecule is O=P(O)(O)[CH]c1ccccc1F. The first-order valence-electron chi connectivity index (χ1n) is 3.15. The van der Waals surface area contributed by atoms with E-state index in [0.717, 1.165) is 6.07 Å². The molecular formula is C7H7FO3P. The van der Waals surface area contributed by atoms with Crippen LogP contribution in [-0.4, -0.2) is 9.79 Å². The van der Waals surface area contributed by atoms with Gasteiger partial charge in [-0.2, -0.15) is 0 Å². The Morgan fingerprint density at radius 2 is 1.92 bits per heavy atom. The lowest BCUT2D eigenvalue weighted by Gasteiger charge is -2.03. The molecule has 0 aliphatic heterocycles. The molecule has 0 heterocycles. The summed E-state index contributed by atoms with van der Waals surface area (Å²) in [6.07, 6.45) is 0.600. The van der Waals surface area contributed by atoms with Gasteiger partial charge in [-0.1, -0.05) is 18.2 Å². The molecule has 2 N–H and O–H groups in total. The van der Waals surface area contributed by atoms with E-state index in [9.17, 15) is 8.96 Å². The molecule has 12 heavy (non-hydrogen) atoms. The average molecular weight is 189 g/mol. The van der Waals surface area contributed by atoms with Crippen LogP contribution < -0.4 is 0 Å². The van der Waals surface area contributed by atoms with Crippen LogP contribution in [0.3, 0.4) is 0 Å². The Morgan fingerprint density at radius 1 is 1.33 bits per heavy atom. The number of hydrogen-bond donors (Lipinski definition) is 2. The molecule has 1 aromatic carbocycles. The van der Waals surface area contributed by atoms with E-state index in [4.69, 9.17) is 9.79 Å². The van der Waals surface area contributed by atoms with Gasteiger partial charge in [0.1, 0.15) is 12.0 Å². The highest BCUT2D eigenvalue weighted by molar-refractivity contribution is 7.54. The van der Waals surface area contributed by atoms with Gasteiger partial charge in [-0.3, -0.25) is 4.57 Å². The fraction of sp³-hybridized carbons (Fsp3) is 0. The highest BCUT2D eigenvalue weighted by atomic mass is 31.2. The minimum absolute atomic E-state index is 0.0779. The topological polar surface area (TPSA) is 57.5 Å². The second-order valence-corrected chi connectivity index (χ2v) is 3.68. The summed E-state index contributed by atoms with van der Waals surface area (Å²) in [5, 5.41) is 0. The molecule has 3 nitrogen and oxygen atoms in total. The molecule has 1 aromatic rings. The first-order valence-corrected chi connectivity index (χ1v) is 4.83. The maximum atomic E-state index is 12.7. The van der Waals surface area contributed by atoms with Crippen LogP contribution in [0, 0.1) is 12.0 Å². The van der Waals surface area contributed by atoms with E-state index in [2.05, 4.69) is 0 Å². The summed E-state index contributed by atoms with van der Waals surface area (Å²) in [6, 6.07) is 5.40. The molecule has 0 aliphatic rings. The van der Waals surface area contributed by atoms with Crippen molar-refractivity contribution in [2.75, 3.05) is 0 Å². The smallest absolute Gasteiger partial charge is 0.324 e. The third kappa shape index (κ3) is 2.74. The number of hydrogen-bond acceptors (Lipinski definition) is 1. The molecule has 0 amide bonds. The van der Waals surface area contributed by atoms with E-state index in [1.165, 1.54) is 18.2 Å². The second-order valence-electron chi connectivity index (χ2n) is 2.24. The van der Waals surface area contributed by atoms with Crippen LogP contribution in [0.15, 0.2) is 24.3 Å². The normalized spacial score (nSPS) is 11.6. The molecule has 5 heteroatoms. The summed E-state index contributed by atoms with van der Waals surface area (Å²) in [7, 11) is -4.28. The summed E-state index contributed by atoms with van der Waals surface area (Å²) < 4.78 is 23.2. The lowest BCUT2D eigenvalue weighted by Crippen LogP contribution is -1.87. The predicted molar refractivity (Wildman–Crippen MR) is 41.8 cm³/mol. The summed E-state index contributed by atoms with van der Waals surface area (Å²) in [4.78, 5) is 17.0. The van der Waals surface area contributed by atoms with Crippen molar-refractivity contribution in [2.24, 2.45) is 0 Å². The van der Waals surface area contributed by atoms with Crippen molar-refractivity contribution < 1.29 is 18.7 Å². The Labute approximate surface area is 69.0 Å². The third-order valence-electron chi connectivity index (χ3n) is 1.21. The predicted octanol–water partition coefficient (Wildman–Crippen LogP) is 1.51. The molecule has 0 bridgehead atoms. The minimum Gasteiger partial charge on any atom is -0.324 e. The van der Waals surface area contributed by atoms with Crippen molar-refractivity contribution in [3.8, 4) is 0 Å². The highest BCUT2D eigenvalue weighted by Gasteiger charge is 2.16. The van der Waals surface area contributed by atoms with Gasteiger partial charge in [-0.05, 0) is 6.07 Å². The molecule has 1 rings (SSSR count). The maximum absolute atomic E-state index is 12.7. The first-order chi connectivity index (χ1) is 5.49. The highest BCUT2D eigenvalue weighted by Crippen LogP contribution is 2.41. The van der Waals surface area contributed by atoms with Crippen LogP contribution in [0.4, 0.5) is 4.39 Å². The van der Waals surface area contributed by atoms with E-state index in [1.807, 2.05) is 0 Å². The summed E-state index contributed by atoms with van der Waals surface area (Å²) in [5.74, 6) is -0.638. The number of rotatable bonds is 2. The Balaban J connectivity index is 2.90. The third-order valence-corrected chi connectivity index (χ3v) is 1.83. The molecule has 0 aliphatic carbocycles. The van der Waals surface area contributed by atoms with Gasteiger partial charge in [0.25, 0.3) is 0 Å².